The molecule has 0 saturated heterocycles. The summed E-state index contributed by atoms with van der Waals surface area (Å²) in [7, 11) is 6.72. The van der Waals surface area contributed by atoms with E-state index in [-0.39, 0.29) is 22.8 Å². The Labute approximate surface area is 118 Å². The van der Waals surface area contributed by atoms with Crippen LogP contribution in [0.15, 0.2) is 12.1 Å². The number of carbonyl (C=O) groups is 1. The summed E-state index contributed by atoms with van der Waals surface area (Å²) < 4.78 is 15.1. The average molecular weight is 283 g/mol. The first-order chi connectivity index (χ1) is 9.49. The van der Waals surface area contributed by atoms with Crippen LogP contribution in [0, 0.1) is 0 Å². The third-order valence-electron chi connectivity index (χ3n) is 2.70. The highest BCUT2D eigenvalue weighted by molar-refractivity contribution is 5.91. The molecule has 0 aliphatic rings. The predicted octanol–water partition coefficient (Wildman–Crippen LogP) is 1.52. The molecule has 6 heteroatoms. The first-order valence-corrected chi connectivity index (χ1v) is 6.26. The Kier molecular flexibility index (Phi) is 6.11. The van der Waals surface area contributed by atoms with Gasteiger partial charge >= 0.3 is 5.97 Å². The molecule has 0 aliphatic carbocycles. The minimum atomic E-state index is -0.472. The largest absolute Gasteiger partial charge is 0.502 e. The van der Waals surface area contributed by atoms with Crippen molar-refractivity contribution in [3.05, 3.63) is 17.7 Å². The number of carbonyl (C=O) groups excluding carboxylic acids is 1. The van der Waals surface area contributed by atoms with Crippen molar-refractivity contribution in [2.24, 2.45) is 0 Å². The maximum atomic E-state index is 11.9. The lowest BCUT2D eigenvalue weighted by atomic mass is 10.2. The van der Waals surface area contributed by atoms with E-state index in [0.717, 1.165) is 13.0 Å². The Morgan fingerprint density at radius 1 is 1.20 bits per heavy atom. The zero-order chi connectivity index (χ0) is 15.1. The van der Waals surface area contributed by atoms with Gasteiger partial charge in [-0.05, 0) is 32.6 Å². The second-order valence-electron chi connectivity index (χ2n) is 4.52. The number of hydrogen-bond donors (Lipinski definition) is 1. The molecule has 1 N–H and O–H groups in total. The van der Waals surface area contributed by atoms with Crippen LogP contribution in [0.4, 0.5) is 0 Å². The van der Waals surface area contributed by atoms with E-state index < -0.39 is 5.97 Å². The van der Waals surface area contributed by atoms with Gasteiger partial charge in [-0.1, -0.05) is 0 Å². The van der Waals surface area contributed by atoms with Crippen molar-refractivity contribution >= 4 is 5.97 Å². The fraction of sp³-hybridized carbons (Fsp3) is 0.500. The number of esters is 1. The number of nitrogens with zero attached hydrogens (tertiary/aromatic N) is 1. The van der Waals surface area contributed by atoms with Gasteiger partial charge in [0.25, 0.3) is 0 Å². The Balaban J connectivity index is 2.72. The molecule has 0 bridgehead atoms. The van der Waals surface area contributed by atoms with Crippen molar-refractivity contribution in [2.75, 3.05) is 41.5 Å². The summed E-state index contributed by atoms with van der Waals surface area (Å²) in [5.74, 6) is -0.270. The van der Waals surface area contributed by atoms with E-state index >= 15 is 0 Å². The molecular formula is C14H21NO5. The molecule has 1 rings (SSSR count). The van der Waals surface area contributed by atoms with Crippen molar-refractivity contribution < 1.29 is 24.1 Å². The highest BCUT2D eigenvalue weighted by Gasteiger charge is 2.16. The number of aromatic hydroxyl groups is 1. The Morgan fingerprint density at radius 2 is 1.75 bits per heavy atom. The van der Waals surface area contributed by atoms with Crippen LogP contribution in [0.5, 0.6) is 17.2 Å². The van der Waals surface area contributed by atoms with E-state index in [1.165, 1.54) is 26.4 Å². The van der Waals surface area contributed by atoms with Crippen LogP contribution in [-0.4, -0.2) is 57.4 Å². The molecule has 112 valence electrons. The lowest BCUT2D eigenvalue weighted by Gasteiger charge is -2.12. The fourth-order valence-corrected chi connectivity index (χ4v) is 1.64. The Hall–Kier alpha value is -1.95. The molecule has 0 saturated carbocycles. The highest BCUT2D eigenvalue weighted by atomic mass is 16.5. The van der Waals surface area contributed by atoms with Gasteiger partial charge in [-0.3, -0.25) is 0 Å². The molecule has 0 amide bonds. The monoisotopic (exact) mass is 283 g/mol. The van der Waals surface area contributed by atoms with E-state index in [1.807, 2.05) is 19.0 Å². The number of phenols is 1. The van der Waals surface area contributed by atoms with Crippen molar-refractivity contribution in [1.29, 1.82) is 0 Å². The summed E-state index contributed by atoms with van der Waals surface area (Å²) in [6, 6.07) is 2.85. The number of rotatable bonds is 7. The molecule has 6 nitrogen and oxygen atoms in total. The SMILES string of the molecule is COc1cc(C(=O)OCCCN(C)C)cc(OC)c1O. The number of methoxy groups -OCH3 is 2. The van der Waals surface area contributed by atoms with E-state index in [9.17, 15) is 9.90 Å². The smallest absolute Gasteiger partial charge is 0.338 e. The quantitative estimate of drug-likeness (QED) is 0.604. The van der Waals surface area contributed by atoms with Crippen LogP contribution in [0.3, 0.4) is 0 Å². The summed E-state index contributed by atoms with van der Waals surface area (Å²) in [4.78, 5) is 13.9. The number of ether oxygens (including phenoxy) is 3. The average Bonchev–Trinajstić information content (AvgIpc) is 2.43. The lowest BCUT2D eigenvalue weighted by molar-refractivity contribution is 0.0492. The van der Waals surface area contributed by atoms with Crippen LogP contribution in [-0.2, 0) is 4.74 Å². The van der Waals surface area contributed by atoms with Gasteiger partial charge in [0.15, 0.2) is 11.5 Å². The van der Waals surface area contributed by atoms with Crippen LogP contribution < -0.4 is 9.47 Å². The van der Waals surface area contributed by atoms with Gasteiger partial charge in [-0.15, -0.1) is 0 Å². The molecule has 20 heavy (non-hydrogen) atoms. The van der Waals surface area contributed by atoms with E-state index in [4.69, 9.17) is 14.2 Å². The Morgan fingerprint density at radius 3 is 2.20 bits per heavy atom. The van der Waals surface area contributed by atoms with Gasteiger partial charge in [0.1, 0.15) is 0 Å². The summed E-state index contributed by atoms with van der Waals surface area (Å²) in [5.41, 5.74) is 0.279. The molecule has 0 fully saturated rings. The summed E-state index contributed by atoms with van der Waals surface area (Å²) in [6.45, 7) is 1.18. The van der Waals surface area contributed by atoms with Crippen LogP contribution in [0.1, 0.15) is 16.8 Å². The minimum absolute atomic E-state index is 0.140. The maximum Gasteiger partial charge on any atom is 0.338 e. The molecule has 0 atom stereocenters. The first kappa shape index (κ1) is 16.1. The molecular weight excluding hydrogens is 262 g/mol. The second-order valence-corrected chi connectivity index (χ2v) is 4.52. The zero-order valence-corrected chi connectivity index (χ0v) is 12.3. The summed E-state index contributed by atoms with van der Waals surface area (Å²) >= 11 is 0. The third-order valence-corrected chi connectivity index (χ3v) is 2.70. The van der Waals surface area contributed by atoms with Gasteiger partial charge in [0.05, 0.1) is 26.4 Å². The molecule has 0 radical (unpaired) electrons. The molecule has 1 aromatic carbocycles. The maximum absolute atomic E-state index is 11.9. The molecule has 1 aromatic rings. The van der Waals surface area contributed by atoms with Crippen molar-refractivity contribution in [2.45, 2.75) is 6.42 Å². The van der Waals surface area contributed by atoms with E-state index in [0.29, 0.717) is 6.61 Å². The van der Waals surface area contributed by atoms with Crippen molar-refractivity contribution in [3.8, 4) is 17.2 Å². The standard InChI is InChI=1S/C14H21NO5/c1-15(2)6-5-7-20-14(17)10-8-11(18-3)13(16)12(9-10)19-4/h8-9,16H,5-7H2,1-4H3. The van der Waals surface area contributed by atoms with Crippen LogP contribution in [0.2, 0.25) is 0 Å². The van der Waals surface area contributed by atoms with Crippen LogP contribution >= 0.6 is 0 Å². The zero-order valence-electron chi connectivity index (χ0n) is 12.3. The summed E-state index contributed by atoms with van der Waals surface area (Å²) in [6.07, 6.45) is 0.755. The molecule has 0 unspecified atom stereocenters. The highest BCUT2D eigenvalue weighted by Crippen LogP contribution is 2.37. The van der Waals surface area contributed by atoms with Gasteiger partial charge in [0.2, 0.25) is 5.75 Å². The number of phenolic OH excluding ortho intramolecular Hbond substituents is 1. The van der Waals surface area contributed by atoms with Gasteiger partial charge < -0.3 is 24.2 Å². The first-order valence-electron chi connectivity index (χ1n) is 6.26. The lowest BCUT2D eigenvalue weighted by Crippen LogP contribution is -2.16. The Bertz CT molecular complexity index is 434. The van der Waals surface area contributed by atoms with Crippen molar-refractivity contribution in [1.82, 2.24) is 4.90 Å². The van der Waals surface area contributed by atoms with Crippen LogP contribution in [0.25, 0.3) is 0 Å². The minimum Gasteiger partial charge on any atom is -0.502 e. The number of benzene rings is 1. The fourth-order valence-electron chi connectivity index (χ4n) is 1.64. The van der Waals surface area contributed by atoms with Gasteiger partial charge in [-0.2, -0.15) is 0 Å². The molecule has 0 aromatic heterocycles. The molecule has 0 heterocycles. The normalized spacial score (nSPS) is 10.4. The van der Waals surface area contributed by atoms with E-state index in [1.54, 1.807) is 0 Å². The summed E-state index contributed by atoms with van der Waals surface area (Å²) in [5, 5.41) is 9.76. The number of hydrogen-bond acceptors (Lipinski definition) is 6. The van der Waals surface area contributed by atoms with Gasteiger partial charge in [0, 0.05) is 6.54 Å². The van der Waals surface area contributed by atoms with E-state index in [2.05, 4.69) is 0 Å². The predicted molar refractivity (Wildman–Crippen MR) is 74.7 cm³/mol. The van der Waals surface area contributed by atoms with Gasteiger partial charge in [-0.25, -0.2) is 4.79 Å². The second kappa shape index (κ2) is 7.59. The third kappa shape index (κ3) is 4.31. The molecule has 0 spiro atoms. The molecule has 0 aliphatic heterocycles. The topological polar surface area (TPSA) is 68.2 Å². The van der Waals surface area contributed by atoms with Crippen molar-refractivity contribution in [3.63, 3.8) is 0 Å².